The predicted molar refractivity (Wildman–Crippen MR) is 125 cm³/mol. The molecular formula is C23H21Cl2N5O3. The summed E-state index contributed by atoms with van der Waals surface area (Å²) < 4.78 is 1.54. The molecule has 10 heteroatoms. The number of carbonyl (C=O) groups is 3. The van der Waals surface area contributed by atoms with Crippen LogP contribution >= 0.6 is 23.2 Å². The molecule has 0 bridgehead atoms. The van der Waals surface area contributed by atoms with Gasteiger partial charge in [-0.25, -0.2) is 9.48 Å². The SMILES string of the molecule is CCC1(c2ccccc2)NC(=O)N(CC(=O)Nc2ccnn2Cc2cccc(Cl)c2Cl)C1=O. The summed E-state index contributed by atoms with van der Waals surface area (Å²) in [6, 6.07) is 15.3. The highest BCUT2D eigenvalue weighted by Crippen LogP contribution is 2.32. The second-order valence-corrected chi connectivity index (χ2v) is 8.37. The summed E-state index contributed by atoms with van der Waals surface area (Å²) in [4.78, 5) is 39.5. The molecule has 0 spiro atoms. The molecule has 1 aliphatic heterocycles. The molecule has 8 nitrogen and oxygen atoms in total. The van der Waals surface area contributed by atoms with E-state index in [1.54, 1.807) is 47.1 Å². The van der Waals surface area contributed by atoms with Gasteiger partial charge in [0.2, 0.25) is 5.91 Å². The number of carbonyl (C=O) groups excluding carboxylic acids is 3. The number of amides is 4. The fourth-order valence-electron chi connectivity index (χ4n) is 3.85. The van der Waals surface area contributed by atoms with E-state index < -0.39 is 29.9 Å². The van der Waals surface area contributed by atoms with Crippen molar-refractivity contribution in [3.05, 3.63) is 82.0 Å². The Labute approximate surface area is 200 Å². The Morgan fingerprint density at radius 3 is 2.58 bits per heavy atom. The number of hydrogen-bond donors (Lipinski definition) is 2. The Kier molecular flexibility index (Phi) is 6.40. The first kappa shape index (κ1) is 22.8. The largest absolute Gasteiger partial charge is 0.325 e. The number of urea groups is 1. The molecule has 170 valence electrons. The zero-order valence-electron chi connectivity index (χ0n) is 17.7. The van der Waals surface area contributed by atoms with Crippen LogP contribution in [-0.2, 0) is 21.7 Å². The van der Waals surface area contributed by atoms with Gasteiger partial charge in [-0.15, -0.1) is 0 Å². The van der Waals surface area contributed by atoms with Gasteiger partial charge in [0.15, 0.2) is 0 Å². The van der Waals surface area contributed by atoms with Gasteiger partial charge < -0.3 is 10.6 Å². The number of hydrogen-bond acceptors (Lipinski definition) is 4. The lowest BCUT2D eigenvalue weighted by molar-refractivity contribution is -0.134. The van der Waals surface area contributed by atoms with Crippen molar-refractivity contribution in [1.82, 2.24) is 20.0 Å². The summed E-state index contributed by atoms with van der Waals surface area (Å²) in [5.41, 5.74) is 0.210. The van der Waals surface area contributed by atoms with E-state index in [0.717, 1.165) is 10.5 Å². The van der Waals surface area contributed by atoms with Crippen molar-refractivity contribution < 1.29 is 14.4 Å². The molecule has 2 N–H and O–H groups in total. The number of nitrogens with zero attached hydrogens (tertiary/aromatic N) is 3. The molecule has 1 aromatic heterocycles. The van der Waals surface area contributed by atoms with Crippen molar-refractivity contribution in [1.29, 1.82) is 0 Å². The van der Waals surface area contributed by atoms with Crippen LogP contribution in [0, 0.1) is 0 Å². The first-order chi connectivity index (χ1) is 15.9. The quantitative estimate of drug-likeness (QED) is 0.493. The number of aromatic nitrogens is 2. The highest BCUT2D eigenvalue weighted by atomic mass is 35.5. The number of anilines is 1. The summed E-state index contributed by atoms with van der Waals surface area (Å²) in [6.45, 7) is 1.66. The molecule has 1 atom stereocenters. The summed E-state index contributed by atoms with van der Waals surface area (Å²) in [5, 5.41) is 10.5. The predicted octanol–water partition coefficient (Wildman–Crippen LogP) is 4.03. The van der Waals surface area contributed by atoms with E-state index in [4.69, 9.17) is 23.2 Å². The molecule has 2 aromatic carbocycles. The average Bonchev–Trinajstić information content (AvgIpc) is 3.34. The molecule has 4 amide bonds. The third kappa shape index (κ3) is 4.31. The Bertz CT molecular complexity index is 1210. The van der Waals surface area contributed by atoms with Crippen LogP contribution in [-0.4, -0.2) is 39.1 Å². The maximum absolute atomic E-state index is 13.2. The van der Waals surface area contributed by atoms with E-state index in [2.05, 4.69) is 15.7 Å². The smallest absolute Gasteiger partial charge is 0.319 e. The highest BCUT2D eigenvalue weighted by Gasteiger charge is 2.51. The summed E-state index contributed by atoms with van der Waals surface area (Å²) in [5.74, 6) is -0.596. The standard InChI is InChI=1S/C23H21Cl2N5O3/c1-2-23(16-8-4-3-5-9-16)21(32)29(22(33)28-23)14-19(31)27-18-11-12-26-30(18)13-15-7-6-10-17(24)20(15)25/h3-12H,2,13-14H2,1H3,(H,27,31)(H,28,33). The first-order valence-corrected chi connectivity index (χ1v) is 11.1. The average molecular weight is 486 g/mol. The molecule has 2 heterocycles. The number of imide groups is 1. The molecule has 1 fully saturated rings. The highest BCUT2D eigenvalue weighted by molar-refractivity contribution is 6.42. The van der Waals surface area contributed by atoms with Crippen molar-refractivity contribution in [3.8, 4) is 0 Å². The summed E-state index contributed by atoms with van der Waals surface area (Å²) in [6.07, 6.45) is 1.88. The third-order valence-corrected chi connectivity index (χ3v) is 6.47. The van der Waals surface area contributed by atoms with Crippen LogP contribution in [0.25, 0.3) is 0 Å². The van der Waals surface area contributed by atoms with Crippen LogP contribution in [0.3, 0.4) is 0 Å². The molecule has 1 aliphatic rings. The summed E-state index contributed by atoms with van der Waals surface area (Å²) in [7, 11) is 0. The van der Waals surface area contributed by atoms with Crippen molar-refractivity contribution in [3.63, 3.8) is 0 Å². The van der Waals surface area contributed by atoms with Gasteiger partial charge >= 0.3 is 6.03 Å². The zero-order chi connectivity index (χ0) is 23.6. The Morgan fingerprint density at radius 1 is 1.09 bits per heavy atom. The van der Waals surface area contributed by atoms with Crippen LogP contribution in [0.4, 0.5) is 10.6 Å². The zero-order valence-corrected chi connectivity index (χ0v) is 19.2. The van der Waals surface area contributed by atoms with Crippen LogP contribution in [0.2, 0.25) is 10.0 Å². The van der Waals surface area contributed by atoms with Crippen LogP contribution in [0.1, 0.15) is 24.5 Å². The van der Waals surface area contributed by atoms with Crippen molar-refractivity contribution in [2.75, 3.05) is 11.9 Å². The van der Waals surface area contributed by atoms with Gasteiger partial charge in [0.1, 0.15) is 17.9 Å². The molecule has 1 unspecified atom stereocenters. The van der Waals surface area contributed by atoms with E-state index in [0.29, 0.717) is 27.8 Å². The minimum atomic E-state index is -1.19. The van der Waals surface area contributed by atoms with Crippen molar-refractivity contribution in [2.24, 2.45) is 0 Å². The van der Waals surface area contributed by atoms with Gasteiger partial charge in [-0.05, 0) is 23.6 Å². The molecule has 4 rings (SSSR count). The van der Waals surface area contributed by atoms with Crippen LogP contribution in [0.15, 0.2) is 60.8 Å². The molecule has 33 heavy (non-hydrogen) atoms. The Balaban J connectivity index is 1.48. The lowest BCUT2D eigenvalue weighted by Crippen LogP contribution is -2.44. The number of benzene rings is 2. The summed E-state index contributed by atoms with van der Waals surface area (Å²) >= 11 is 12.3. The number of halogens is 2. The topological polar surface area (TPSA) is 96.3 Å². The van der Waals surface area contributed by atoms with E-state index >= 15 is 0 Å². The van der Waals surface area contributed by atoms with Gasteiger partial charge in [-0.1, -0.05) is 72.6 Å². The van der Waals surface area contributed by atoms with Gasteiger partial charge in [0, 0.05) is 6.07 Å². The molecular weight excluding hydrogens is 465 g/mol. The molecule has 1 saturated heterocycles. The lowest BCUT2D eigenvalue weighted by Gasteiger charge is -2.25. The van der Waals surface area contributed by atoms with Crippen LogP contribution in [0.5, 0.6) is 0 Å². The van der Waals surface area contributed by atoms with Crippen LogP contribution < -0.4 is 10.6 Å². The van der Waals surface area contributed by atoms with Crippen molar-refractivity contribution >= 4 is 46.9 Å². The second-order valence-electron chi connectivity index (χ2n) is 7.58. The maximum Gasteiger partial charge on any atom is 0.325 e. The van der Waals surface area contributed by atoms with E-state index in [9.17, 15) is 14.4 Å². The fourth-order valence-corrected chi connectivity index (χ4v) is 4.23. The van der Waals surface area contributed by atoms with E-state index in [1.165, 1.54) is 6.20 Å². The van der Waals surface area contributed by atoms with Gasteiger partial charge in [0.05, 0.1) is 22.8 Å². The molecule has 0 aliphatic carbocycles. The Hall–Kier alpha value is -3.36. The minimum Gasteiger partial charge on any atom is -0.319 e. The third-order valence-electron chi connectivity index (χ3n) is 5.61. The number of rotatable bonds is 7. The first-order valence-electron chi connectivity index (χ1n) is 10.3. The fraction of sp³-hybridized carbons (Fsp3) is 0.217. The lowest BCUT2D eigenvalue weighted by atomic mass is 9.87. The van der Waals surface area contributed by atoms with Crippen molar-refractivity contribution in [2.45, 2.75) is 25.4 Å². The van der Waals surface area contributed by atoms with E-state index in [1.807, 2.05) is 19.1 Å². The van der Waals surface area contributed by atoms with Gasteiger partial charge in [-0.3, -0.25) is 14.5 Å². The van der Waals surface area contributed by atoms with Gasteiger partial charge in [0.25, 0.3) is 5.91 Å². The molecule has 3 aromatic rings. The molecule has 0 saturated carbocycles. The van der Waals surface area contributed by atoms with Gasteiger partial charge in [-0.2, -0.15) is 5.10 Å². The monoisotopic (exact) mass is 485 g/mol. The van der Waals surface area contributed by atoms with E-state index in [-0.39, 0.29) is 6.54 Å². The molecule has 0 radical (unpaired) electrons. The normalized spacial score (nSPS) is 17.8. The Morgan fingerprint density at radius 2 is 1.85 bits per heavy atom. The second kappa shape index (κ2) is 9.25. The maximum atomic E-state index is 13.2. The minimum absolute atomic E-state index is 0.276. The number of nitrogens with one attached hydrogen (secondary N) is 2.